The van der Waals surface area contributed by atoms with Crippen molar-refractivity contribution in [2.75, 3.05) is 21.3 Å². The normalized spacial score (nSPS) is 10.1. The van der Waals surface area contributed by atoms with Crippen LogP contribution in [0.4, 0.5) is 0 Å². The second kappa shape index (κ2) is 8.04. The molecule has 0 aliphatic carbocycles. The summed E-state index contributed by atoms with van der Waals surface area (Å²) in [4.78, 5) is 35.0. The predicted molar refractivity (Wildman–Crippen MR) is 74.1 cm³/mol. The maximum Gasteiger partial charge on any atom is 0.320 e. The van der Waals surface area contributed by atoms with Crippen LogP contribution in [-0.2, 0) is 19.1 Å². The molecule has 6 heteroatoms. The van der Waals surface area contributed by atoms with E-state index in [1.54, 1.807) is 24.3 Å². The molecule has 0 fully saturated rings. The summed E-state index contributed by atoms with van der Waals surface area (Å²) in [6, 6.07) is 6.61. The quantitative estimate of drug-likeness (QED) is 0.432. The van der Waals surface area contributed by atoms with E-state index >= 15 is 0 Å². The van der Waals surface area contributed by atoms with Crippen LogP contribution in [0.2, 0.25) is 0 Å². The largest absolute Gasteiger partial charge is 0.497 e. The predicted octanol–water partition coefficient (Wildman–Crippen LogP) is 1.62. The van der Waals surface area contributed by atoms with Crippen LogP contribution in [0, 0.1) is 5.92 Å². The molecule has 0 aliphatic rings. The van der Waals surface area contributed by atoms with Gasteiger partial charge in [-0.15, -0.1) is 0 Å². The zero-order valence-corrected chi connectivity index (χ0v) is 12.3. The Morgan fingerprint density at radius 3 is 1.90 bits per heavy atom. The molecule has 0 spiro atoms. The Balaban J connectivity index is 2.68. The number of benzene rings is 1. The smallest absolute Gasteiger partial charge is 0.320 e. The third-order valence-corrected chi connectivity index (χ3v) is 3.04. The highest BCUT2D eigenvalue weighted by molar-refractivity contribution is 5.98. The van der Waals surface area contributed by atoms with Crippen molar-refractivity contribution >= 4 is 17.7 Å². The fraction of sp³-hybridized carbons (Fsp3) is 0.400. The summed E-state index contributed by atoms with van der Waals surface area (Å²) >= 11 is 0. The number of hydrogen-bond donors (Lipinski definition) is 0. The number of ketones is 1. The minimum absolute atomic E-state index is 0.0429. The van der Waals surface area contributed by atoms with Gasteiger partial charge in [0, 0.05) is 12.0 Å². The van der Waals surface area contributed by atoms with Gasteiger partial charge in [0.15, 0.2) is 11.7 Å². The van der Waals surface area contributed by atoms with Crippen LogP contribution >= 0.6 is 0 Å². The minimum Gasteiger partial charge on any atom is -0.497 e. The first kappa shape index (κ1) is 16.7. The number of methoxy groups -OCH3 is 3. The lowest BCUT2D eigenvalue weighted by molar-refractivity contribution is -0.158. The van der Waals surface area contributed by atoms with Gasteiger partial charge in [0.25, 0.3) is 0 Å². The van der Waals surface area contributed by atoms with Gasteiger partial charge >= 0.3 is 11.9 Å². The lowest BCUT2D eigenvalue weighted by Crippen LogP contribution is -2.27. The van der Waals surface area contributed by atoms with Gasteiger partial charge in [-0.3, -0.25) is 14.4 Å². The highest BCUT2D eigenvalue weighted by Crippen LogP contribution is 2.16. The van der Waals surface area contributed by atoms with Crippen molar-refractivity contribution in [2.45, 2.75) is 12.8 Å². The van der Waals surface area contributed by atoms with Crippen molar-refractivity contribution in [1.29, 1.82) is 0 Å². The van der Waals surface area contributed by atoms with E-state index in [1.165, 1.54) is 21.3 Å². The summed E-state index contributed by atoms with van der Waals surface area (Å²) in [6.45, 7) is 0. The molecule has 0 saturated carbocycles. The summed E-state index contributed by atoms with van der Waals surface area (Å²) in [5.74, 6) is -2.01. The number of esters is 2. The summed E-state index contributed by atoms with van der Waals surface area (Å²) in [5, 5.41) is 0. The van der Waals surface area contributed by atoms with Crippen LogP contribution in [0.1, 0.15) is 23.2 Å². The molecule has 1 rings (SSSR count). The maximum atomic E-state index is 12.0. The van der Waals surface area contributed by atoms with Crippen molar-refractivity contribution in [3.8, 4) is 5.75 Å². The Bertz CT molecular complexity index is 489. The summed E-state index contributed by atoms with van der Waals surface area (Å²) in [5.41, 5.74) is 0.490. The van der Waals surface area contributed by atoms with Crippen LogP contribution in [-0.4, -0.2) is 39.1 Å². The molecule has 0 N–H and O–H groups in total. The highest BCUT2D eigenvalue weighted by atomic mass is 16.5. The zero-order valence-electron chi connectivity index (χ0n) is 12.3. The van der Waals surface area contributed by atoms with Crippen molar-refractivity contribution in [1.82, 2.24) is 0 Å². The molecule has 0 atom stereocenters. The standard InChI is InChI=1S/C15H18O6/c1-19-11-6-4-10(5-7-11)13(16)9-8-12(14(17)20-2)15(18)21-3/h4-7,12H,8-9H2,1-3H3. The Morgan fingerprint density at radius 2 is 1.48 bits per heavy atom. The number of carbonyl (C=O) groups excluding carboxylic acids is 3. The van der Waals surface area contributed by atoms with Gasteiger partial charge in [-0.2, -0.15) is 0 Å². The molecule has 0 heterocycles. The van der Waals surface area contributed by atoms with E-state index in [1.807, 2.05) is 0 Å². The van der Waals surface area contributed by atoms with Crippen LogP contribution in [0.5, 0.6) is 5.75 Å². The van der Waals surface area contributed by atoms with E-state index < -0.39 is 17.9 Å². The molecular weight excluding hydrogens is 276 g/mol. The topological polar surface area (TPSA) is 78.9 Å². The van der Waals surface area contributed by atoms with Crippen molar-refractivity contribution in [2.24, 2.45) is 5.92 Å². The Labute approximate surface area is 123 Å². The second-order valence-electron chi connectivity index (χ2n) is 4.29. The van der Waals surface area contributed by atoms with E-state index in [9.17, 15) is 14.4 Å². The van der Waals surface area contributed by atoms with E-state index in [0.29, 0.717) is 11.3 Å². The average Bonchev–Trinajstić information content (AvgIpc) is 2.54. The molecule has 1 aromatic rings. The fourth-order valence-corrected chi connectivity index (χ4v) is 1.81. The molecule has 1 aromatic carbocycles. The Hall–Kier alpha value is -2.37. The molecule has 0 saturated heterocycles. The lowest BCUT2D eigenvalue weighted by atomic mass is 9.98. The Morgan fingerprint density at radius 1 is 0.952 bits per heavy atom. The number of rotatable bonds is 7. The van der Waals surface area contributed by atoms with Crippen LogP contribution in [0.15, 0.2) is 24.3 Å². The molecule has 0 aliphatic heterocycles. The van der Waals surface area contributed by atoms with Gasteiger partial charge in [-0.25, -0.2) is 0 Å². The van der Waals surface area contributed by atoms with Gasteiger partial charge in [0.05, 0.1) is 21.3 Å². The first-order chi connectivity index (χ1) is 10.0. The van der Waals surface area contributed by atoms with Gasteiger partial charge in [0.2, 0.25) is 0 Å². The number of Topliss-reactive ketones (excluding diaryl/α,β-unsaturated/α-hetero) is 1. The highest BCUT2D eigenvalue weighted by Gasteiger charge is 2.29. The second-order valence-corrected chi connectivity index (χ2v) is 4.29. The van der Waals surface area contributed by atoms with E-state index in [0.717, 1.165) is 0 Å². The SMILES string of the molecule is COC(=O)C(CCC(=O)c1ccc(OC)cc1)C(=O)OC. The first-order valence-electron chi connectivity index (χ1n) is 6.36. The molecular formula is C15H18O6. The number of hydrogen-bond acceptors (Lipinski definition) is 6. The Kier molecular flexibility index (Phi) is 6.39. The maximum absolute atomic E-state index is 12.0. The molecule has 0 bridgehead atoms. The molecule has 0 radical (unpaired) electrons. The molecule has 0 aromatic heterocycles. The third-order valence-electron chi connectivity index (χ3n) is 3.04. The molecule has 21 heavy (non-hydrogen) atoms. The average molecular weight is 294 g/mol. The zero-order chi connectivity index (χ0) is 15.8. The molecule has 114 valence electrons. The third kappa shape index (κ3) is 4.59. The van der Waals surface area contributed by atoms with Crippen LogP contribution in [0.25, 0.3) is 0 Å². The van der Waals surface area contributed by atoms with E-state index in [4.69, 9.17) is 4.74 Å². The molecule has 6 nitrogen and oxygen atoms in total. The molecule has 0 unspecified atom stereocenters. The summed E-state index contributed by atoms with van der Waals surface area (Å²) in [6.07, 6.45) is 0.0887. The summed E-state index contributed by atoms with van der Waals surface area (Å²) in [7, 11) is 3.90. The molecule has 0 amide bonds. The van der Waals surface area contributed by atoms with Crippen molar-refractivity contribution in [3.63, 3.8) is 0 Å². The summed E-state index contributed by atoms with van der Waals surface area (Å²) < 4.78 is 14.1. The lowest BCUT2D eigenvalue weighted by Gasteiger charge is -2.11. The fourth-order valence-electron chi connectivity index (χ4n) is 1.81. The monoisotopic (exact) mass is 294 g/mol. The number of ether oxygens (including phenoxy) is 3. The minimum atomic E-state index is -1.08. The first-order valence-corrected chi connectivity index (χ1v) is 6.36. The van der Waals surface area contributed by atoms with Gasteiger partial charge in [-0.1, -0.05) is 0 Å². The van der Waals surface area contributed by atoms with Crippen molar-refractivity contribution < 1.29 is 28.6 Å². The van der Waals surface area contributed by atoms with Gasteiger partial charge < -0.3 is 14.2 Å². The van der Waals surface area contributed by atoms with E-state index in [2.05, 4.69) is 9.47 Å². The van der Waals surface area contributed by atoms with Gasteiger partial charge in [0.1, 0.15) is 5.75 Å². The number of carbonyl (C=O) groups is 3. The van der Waals surface area contributed by atoms with Crippen LogP contribution < -0.4 is 4.74 Å². The van der Waals surface area contributed by atoms with Gasteiger partial charge in [-0.05, 0) is 30.7 Å². The van der Waals surface area contributed by atoms with E-state index in [-0.39, 0.29) is 18.6 Å². The van der Waals surface area contributed by atoms with Crippen molar-refractivity contribution in [3.05, 3.63) is 29.8 Å². The van der Waals surface area contributed by atoms with Crippen LogP contribution in [0.3, 0.4) is 0 Å².